The Hall–Kier alpha value is -1.79. The average Bonchev–Trinajstić information content (AvgIpc) is 3.40. The van der Waals surface area contributed by atoms with Crippen molar-refractivity contribution in [3.05, 3.63) is 34.0 Å². The number of rotatable bonds is 5. The first-order valence-corrected chi connectivity index (χ1v) is 11.4. The minimum Gasteiger partial charge on any atom is -0.402 e. The molecule has 0 spiro atoms. The van der Waals surface area contributed by atoms with E-state index in [4.69, 9.17) is 16.0 Å². The van der Waals surface area contributed by atoms with Crippen molar-refractivity contribution < 1.29 is 17.6 Å². The van der Waals surface area contributed by atoms with Crippen LogP contribution in [0.2, 0.25) is 4.34 Å². The van der Waals surface area contributed by atoms with Crippen molar-refractivity contribution in [3.63, 3.8) is 0 Å². The highest BCUT2D eigenvalue weighted by Gasteiger charge is 2.40. The standard InChI is InChI=1S/C15H13ClN4O4S3/c16-11-5-6-12(26-11)27(22,23)20-7-1-3-9(20)13(21)17-15-19-18-14(24-15)10-4-2-8-25-10/h2,4-6,8-9H,1,3,7H2,(H,17,19,21). The Bertz CT molecular complexity index is 1060. The highest BCUT2D eigenvalue weighted by molar-refractivity contribution is 7.91. The minimum absolute atomic E-state index is 0.0631. The molecule has 142 valence electrons. The summed E-state index contributed by atoms with van der Waals surface area (Å²) in [6, 6.07) is 5.73. The molecule has 1 amide bonds. The number of nitrogens with zero attached hydrogens (tertiary/aromatic N) is 3. The molecule has 0 bridgehead atoms. The number of thiophene rings is 2. The molecule has 12 heteroatoms. The van der Waals surface area contributed by atoms with Gasteiger partial charge in [0.15, 0.2) is 0 Å². The van der Waals surface area contributed by atoms with E-state index in [-0.39, 0.29) is 16.8 Å². The molecule has 4 rings (SSSR count). The number of sulfonamides is 1. The van der Waals surface area contributed by atoms with Gasteiger partial charge in [-0.15, -0.1) is 27.8 Å². The maximum Gasteiger partial charge on any atom is 0.322 e. The second-order valence-electron chi connectivity index (χ2n) is 5.71. The molecule has 0 radical (unpaired) electrons. The molecule has 8 nitrogen and oxygen atoms in total. The van der Waals surface area contributed by atoms with Crippen molar-refractivity contribution >= 4 is 56.2 Å². The van der Waals surface area contributed by atoms with Gasteiger partial charge in [-0.3, -0.25) is 10.1 Å². The van der Waals surface area contributed by atoms with E-state index in [1.165, 1.54) is 27.8 Å². The molecule has 1 aliphatic rings. The van der Waals surface area contributed by atoms with Gasteiger partial charge in [0.25, 0.3) is 15.9 Å². The molecule has 0 aromatic carbocycles. The van der Waals surface area contributed by atoms with Gasteiger partial charge in [-0.1, -0.05) is 22.8 Å². The molecule has 1 saturated heterocycles. The third-order valence-electron chi connectivity index (χ3n) is 4.00. The van der Waals surface area contributed by atoms with Crippen LogP contribution in [-0.2, 0) is 14.8 Å². The lowest BCUT2D eigenvalue weighted by Crippen LogP contribution is -2.42. The Morgan fingerprint density at radius 2 is 2.19 bits per heavy atom. The normalized spacial score (nSPS) is 18.0. The zero-order valence-electron chi connectivity index (χ0n) is 13.7. The molecule has 3 aromatic heterocycles. The molecule has 27 heavy (non-hydrogen) atoms. The van der Waals surface area contributed by atoms with Crippen LogP contribution < -0.4 is 5.32 Å². The number of aromatic nitrogens is 2. The summed E-state index contributed by atoms with van der Waals surface area (Å²) in [7, 11) is -3.79. The molecule has 1 unspecified atom stereocenters. The number of nitrogens with one attached hydrogen (secondary N) is 1. The third-order valence-corrected chi connectivity index (χ3v) is 8.47. The van der Waals surface area contributed by atoms with E-state index in [0.717, 1.165) is 16.2 Å². The topological polar surface area (TPSA) is 105 Å². The quantitative estimate of drug-likeness (QED) is 0.647. The van der Waals surface area contributed by atoms with Crippen LogP contribution in [0, 0.1) is 0 Å². The summed E-state index contributed by atoms with van der Waals surface area (Å²) in [6.07, 6.45) is 0.997. The van der Waals surface area contributed by atoms with Gasteiger partial charge in [0.1, 0.15) is 10.3 Å². The number of hydrogen-bond donors (Lipinski definition) is 1. The predicted molar refractivity (Wildman–Crippen MR) is 102 cm³/mol. The molecule has 0 saturated carbocycles. The summed E-state index contributed by atoms with van der Waals surface area (Å²) >= 11 is 8.25. The van der Waals surface area contributed by atoms with Crippen molar-refractivity contribution in [3.8, 4) is 10.8 Å². The highest BCUT2D eigenvalue weighted by Crippen LogP contribution is 2.32. The summed E-state index contributed by atoms with van der Waals surface area (Å²) in [5.41, 5.74) is 0. The second kappa shape index (κ2) is 7.32. The Kier molecular flexibility index (Phi) is 5.03. The Morgan fingerprint density at radius 1 is 1.33 bits per heavy atom. The molecule has 4 heterocycles. The van der Waals surface area contributed by atoms with E-state index in [1.54, 1.807) is 0 Å². The first-order chi connectivity index (χ1) is 12.9. The van der Waals surface area contributed by atoms with Gasteiger partial charge in [0.2, 0.25) is 5.91 Å². The fraction of sp³-hybridized carbons (Fsp3) is 0.267. The van der Waals surface area contributed by atoms with Crippen molar-refractivity contribution in [1.29, 1.82) is 0 Å². The van der Waals surface area contributed by atoms with Crippen LogP contribution in [0.4, 0.5) is 6.01 Å². The van der Waals surface area contributed by atoms with Crippen molar-refractivity contribution in [2.75, 3.05) is 11.9 Å². The Balaban J connectivity index is 1.51. The predicted octanol–water partition coefficient (Wildman–Crippen LogP) is 3.30. The smallest absolute Gasteiger partial charge is 0.322 e. The fourth-order valence-electron chi connectivity index (χ4n) is 2.80. The maximum absolute atomic E-state index is 12.8. The van der Waals surface area contributed by atoms with Gasteiger partial charge in [-0.2, -0.15) is 4.31 Å². The van der Waals surface area contributed by atoms with E-state index < -0.39 is 22.0 Å². The first kappa shape index (κ1) is 18.6. The number of anilines is 1. The number of halogens is 1. The zero-order valence-corrected chi connectivity index (χ0v) is 16.9. The van der Waals surface area contributed by atoms with Crippen LogP contribution in [0.5, 0.6) is 0 Å². The van der Waals surface area contributed by atoms with Gasteiger partial charge < -0.3 is 4.42 Å². The van der Waals surface area contributed by atoms with Crippen LogP contribution in [0.25, 0.3) is 10.8 Å². The first-order valence-electron chi connectivity index (χ1n) is 7.90. The molecule has 1 N–H and O–H groups in total. The molecule has 1 atom stereocenters. The van der Waals surface area contributed by atoms with Crippen molar-refractivity contribution in [2.24, 2.45) is 0 Å². The van der Waals surface area contributed by atoms with Gasteiger partial charge in [-0.25, -0.2) is 8.42 Å². The lowest BCUT2D eigenvalue weighted by atomic mass is 10.2. The fourth-order valence-corrected chi connectivity index (χ4v) is 6.72. The summed E-state index contributed by atoms with van der Waals surface area (Å²) in [5.74, 6) is -0.204. The minimum atomic E-state index is -3.79. The van der Waals surface area contributed by atoms with E-state index >= 15 is 0 Å². The molecule has 1 fully saturated rings. The number of carbonyl (C=O) groups excluding carboxylic acids is 1. The Morgan fingerprint density at radius 3 is 2.89 bits per heavy atom. The number of carbonyl (C=O) groups is 1. The van der Waals surface area contributed by atoms with E-state index in [2.05, 4.69) is 15.5 Å². The lowest BCUT2D eigenvalue weighted by molar-refractivity contribution is -0.119. The SMILES string of the molecule is O=C(Nc1nnc(-c2cccs2)o1)C1CCCN1S(=O)(=O)c1ccc(Cl)s1. The van der Waals surface area contributed by atoms with Crippen LogP contribution in [-0.4, -0.2) is 41.4 Å². The largest absolute Gasteiger partial charge is 0.402 e. The molecular weight excluding hydrogens is 432 g/mol. The van der Waals surface area contributed by atoms with Gasteiger partial charge >= 0.3 is 6.01 Å². The van der Waals surface area contributed by atoms with Crippen molar-refractivity contribution in [2.45, 2.75) is 23.1 Å². The lowest BCUT2D eigenvalue weighted by Gasteiger charge is -2.21. The van der Waals surface area contributed by atoms with Gasteiger partial charge in [0.05, 0.1) is 9.21 Å². The molecule has 0 aliphatic carbocycles. The van der Waals surface area contributed by atoms with E-state index in [0.29, 0.717) is 23.1 Å². The summed E-state index contributed by atoms with van der Waals surface area (Å²) in [5, 5.41) is 12.1. The average molecular weight is 445 g/mol. The van der Waals surface area contributed by atoms with Crippen molar-refractivity contribution in [1.82, 2.24) is 14.5 Å². The van der Waals surface area contributed by atoms with Gasteiger partial charge in [0, 0.05) is 6.54 Å². The van der Waals surface area contributed by atoms with Gasteiger partial charge in [-0.05, 0) is 36.4 Å². The zero-order chi connectivity index (χ0) is 19.0. The van der Waals surface area contributed by atoms with Crippen LogP contribution in [0.1, 0.15) is 12.8 Å². The highest BCUT2D eigenvalue weighted by atomic mass is 35.5. The monoisotopic (exact) mass is 444 g/mol. The Labute approximate surface area is 167 Å². The number of hydrogen-bond acceptors (Lipinski definition) is 8. The molecule has 1 aliphatic heterocycles. The second-order valence-corrected chi connectivity index (χ2v) is 10.5. The number of amides is 1. The summed E-state index contributed by atoms with van der Waals surface area (Å²) in [4.78, 5) is 13.4. The third kappa shape index (κ3) is 3.65. The maximum atomic E-state index is 12.8. The summed E-state index contributed by atoms with van der Waals surface area (Å²) < 4.78 is 32.8. The molecule has 3 aromatic rings. The summed E-state index contributed by atoms with van der Waals surface area (Å²) in [6.45, 7) is 0.264. The van der Waals surface area contributed by atoms with Crippen LogP contribution in [0.15, 0.2) is 38.3 Å². The van der Waals surface area contributed by atoms with E-state index in [9.17, 15) is 13.2 Å². The van der Waals surface area contributed by atoms with Crippen LogP contribution in [0.3, 0.4) is 0 Å². The van der Waals surface area contributed by atoms with Crippen LogP contribution >= 0.6 is 34.3 Å². The molecular formula is C15H13ClN4O4S3. The van der Waals surface area contributed by atoms with E-state index in [1.807, 2.05) is 17.5 Å².